The molecule has 0 radical (unpaired) electrons. The maximum Gasteiger partial charge on any atom is 0.268 e. The Balaban J connectivity index is 1.98. The van der Waals surface area contributed by atoms with Gasteiger partial charge in [0, 0.05) is 5.39 Å². The molecule has 0 amide bonds. The second-order valence-electron chi connectivity index (χ2n) is 6.64. The molecule has 0 saturated heterocycles. The number of aryl methyl sites for hydroxylation is 1. The second kappa shape index (κ2) is 5.68. The van der Waals surface area contributed by atoms with Crippen LogP contribution in [0.3, 0.4) is 0 Å². The lowest BCUT2D eigenvalue weighted by atomic mass is 10.1. The number of rotatable bonds is 4. The molecule has 3 aromatic rings. The molecule has 0 aliphatic heterocycles. The van der Waals surface area contributed by atoms with E-state index in [0.29, 0.717) is 16.6 Å². The smallest absolute Gasteiger partial charge is 0.268 e. The van der Waals surface area contributed by atoms with Gasteiger partial charge in [0.25, 0.3) is 10.0 Å². The number of hydrogen-bond acceptors (Lipinski definition) is 3. The van der Waals surface area contributed by atoms with Crippen molar-refractivity contribution in [1.29, 1.82) is 0 Å². The normalized spacial score (nSPS) is 16.3. The minimum absolute atomic E-state index is 0.0566. The van der Waals surface area contributed by atoms with Crippen LogP contribution in [0.15, 0.2) is 53.4 Å². The highest BCUT2D eigenvalue weighted by molar-refractivity contribution is 7.90. The first kappa shape index (κ1) is 16.3. The zero-order chi connectivity index (χ0) is 17.8. The standard InChI is InChI=1S/C19H18FNO3S/c1-12-2-7-16(8-3-12)25(23,24)21-17-9-6-15(20)10-14(17)11-18(21)19(22)13-4-5-13/h2-3,6-11,13,19,22H,4-5H2,1H3. The Bertz CT molecular complexity index is 1050. The lowest BCUT2D eigenvalue weighted by Gasteiger charge is -2.16. The minimum atomic E-state index is -3.90. The number of halogens is 1. The summed E-state index contributed by atoms with van der Waals surface area (Å²) in [5, 5.41) is 11.1. The summed E-state index contributed by atoms with van der Waals surface area (Å²) >= 11 is 0. The predicted molar refractivity (Wildman–Crippen MR) is 93.3 cm³/mol. The van der Waals surface area contributed by atoms with Gasteiger partial charge in [0.05, 0.1) is 22.2 Å². The molecule has 1 N–H and O–H groups in total. The SMILES string of the molecule is Cc1ccc(S(=O)(=O)n2c(C(O)C3CC3)cc3cc(F)ccc32)cc1. The summed E-state index contributed by atoms with van der Waals surface area (Å²) in [5.74, 6) is -0.383. The van der Waals surface area contributed by atoms with Crippen molar-refractivity contribution < 1.29 is 17.9 Å². The van der Waals surface area contributed by atoms with E-state index in [0.717, 1.165) is 22.4 Å². The Labute approximate surface area is 145 Å². The second-order valence-corrected chi connectivity index (χ2v) is 8.42. The molecule has 4 rings (SSSR count). The number of aliphatic hydroxyl groups excluding tert-OH is 1. The fourth-order valence-corrected chi connectivity index (χ4v) is 4.68. The largest absolute Gasteiger partial charge is 0.387 e. The zero-order valence-corrected chi connectivity index (χ0v) is 14.5. The highest BCUT2D eigenvalue weighted by atomic mass is 32.2. The van der Waals surface area contributed by atoms with Crippen LogP contribution in [-0.4, -0.2) is 17.5 Å². The molecule has 1 fully saturated rings. The molecule has 1 unspecified atom stereocenters. The number of aliphatic hydroxyl groups is 1. The van der Waals surface area contributed by atoms with E-state index in [-0.39, 0.29) is 10.8 Å². The highest BCUT2D eigenvalue weighted by Crippen LogP contribution is 2.43. The molecule has 1 heterocycles. The third kappa shape index (κ3) is 2.75. The average molecular weight is 359 g/mol. The number of fused-ring (bicyclic) bond motifs is 1. The quantitative estimate of drug-likeness (QED) is 0.771. The molecule has 25 heavy (non-hydrogen) atoms. The van der Waals surface area contributed by atoms with Crippen molar-refractivity contribution in [3.8, 4) is 0 Å². The first-order valence-electron chi connectivity index (χ1n) is 8.19. The van der Waals surface area contributed by atoms with Crippen LogP contribution in [0, 0.1) is 18.7 Å². The van der Waals surface area contributed by atoms with Crippen LogP contribution in [-0.2, 0) is 10.0 Å². The van der Waals surface area contributed by atoms with Crippen LogP contribution in [0.5, 0.6) is 0 Å². The molecule has 130 valence electrons. The van der Waals surface area contributed by atoms with Gasteiger partial charge in [-0.3, -0.25) is 0 Å². The molecule has 1 atom stereocenters. The van der Waals surface area contributed by atoms with Crippen molar-refractivity contribution in [2.45, 2.75) is 30.8 Å². The van der Waals surface area contributed by atoms with Gasteiger partial charge in [-0.1, -0.05) is 17.7 Å². The highest BCUT2D eigenvalue weighted by Gasteiger charge is 2.35. The molecule has 0 bridgehead atoms. The van der Waals surface area contributed by atoms with Crippen molar-refractivity contribution in [2.24, 2.45) is 5.92 Å². The van der Waals surface area contributed by atoms with Gasteiger partial charge in [-0.2, -0.15) is 0 Å². The number of benzene rings is 2. The van der Waals surface area contributed by atoms with E-state index in [1.54, 1.807) is 30.3 Å². The summed E-state index contributed by atoms with van der Waals surface area (Å²) in [7, 11) is -3.90. The molecule has 1 aliphatic carbocycles. The lowest BCUT2D eigenvalue weighted by Crippen LogP contribution is -2.18. The van der Waals surface area contributed by atoms with E-state index >= 15 is 0 Å². The van der Waals surface area contributed by atoms with E-state index in [9.17, 15) is 17.9 Å². The van der Waals surface area contributed by atoms with Crippen LogP contribution in [0.4, 0.5) is 4.39 Å². The zero-order valence-electron chi connectivity index (χ0n) is 13.7. The van der Waals surface area contributed by atoms with Crippen LogP contribution in [0.25, 0.3) is 10.9 Å². The van der Waals surface area contributed by atoms with Crippen LogP contribution in [0.2, 0.25) is 0 Å². The van der Waals surface area contributed by atoms with E-state index < -0.39 is 21.9 Å². The summed E-state index contributed by atoms with van der Waals surface area (Å²) < 4.78 is 41.2. The van der Waals surface area contributed by atoms with Crippen molar-refractivity contribution in [1.82, 2.24) is 3.97 Å². The molecule has 6 heteroatoms. The average Bonchev–Trinajstić information content (AvgIpc) is 3.34. The fraction of sp³-hybridized carbons (Fsp3) is 0.263. The third-order valence-corrected chi connectivity index (χ3v) is 6.43. The maximum absolute atomic E-state index is 13.6. The summed E-state index contributed by atoms with van der Waals surface area (Å²) in [4.78, 5) is 0.143. The van der Waals surface area contributed by atoms with E-state index in [4.69, 9.17) is 0 Å². The maximum atomic E-state index is 13.6. The van der Waals surface area contributed by atoms with Crippen LogP contribution >= 0.6 is 0 Å². The van der Waals surface area contributed by atoms with Crippen molar-refractivity contribution in [3.63, 3.8) is 0 Å². The number of aromatic nitrogens is 1. The van der Waals surface area contributed by atoms with Crippen molar-refractivity contribution >= 4 is 20.9 Å². The van der Waals surface area contributed by atoms with Gasteiger partial charge >= 0.3 is 0 Å². The van der Waals surface area contributed by atoms with E-state index in [1.807, 2.05) is 6.92 Å². The molecule has 1 aromatic heterocycles. The minimum Gasteiger partial charge on any atom is -0.387 e. The Morgan fingerprint density at radius 1 is 1.12 bits per heavy atom. The Morgan fingerprint density at radius 3 is 2.44 bits per heavy atom. The lowest BCUT2D eigenvalue weighted by molar-refractivity contribution is 0.148. The van der Waals surface area contributed by atoms with Crippen LogP contribution < -0.4 is 0 Å². The molecule has 1 saturated carbocycles. The van der Waals surface area contributed by atoms with Gasteiger partial charge in [-0.05, 0) is 62.1 Å². The summed E-state index contributed by atoms with van der Waals surface area (Å²) in [6.07, 6.45) is 0.846. The molecular formula is C19H18FNO3S. The van der Waals surface area contributed by atoms with Crippen LogP contribution in [0.1, 0.15) is 30.2 Å². The van der Waals surface area contributed by atoms with Gasteiger partial charge < -0.3 is 5.11 Å². The van der Waals surface area contributed by atoms with Crippen molar-refractivity contribution in [2.75, 3.05) is 0 Å². The number of nitrogens with zero attached hydrogens (tertiary/aromatic N) is 1. The predicted octanol–water partition coefficient (Wildman–Crippen LogP) is 3.77. The van der Waals surface area contributed by atoms with E-state index in [1.165, 1.54) is 18.2 Å². The Hall–Kier alpha value is -2.18. The van der Waals surface area contributed by atoms with Crippen molar-refractivity contribution in [3.05, 3.63) is 65.6 Å². The van der Waals surface area contributed by atoms with Gasteiger partial charge in [-0.25, -0.2) is 16.8 Å². The number of hydrogen-bond donors (Lipinski definition) is 1. The summed E-state index contributed by atoms with van der Waals surface area (Å²) in [6, 6.07) is 12.1. The molecule has 1 aliphatic rings. The van der Waals surface area contributed by atoms with E-state index in [2.05, 4.69) is 0 Å². The molecule has 2 aromatic carbocycles. The van der Waals surface area contributed by atoms with Gasteiger partial charge in [0.15, 0.2) is 0 Å². The first-order chi connectivity index (χ1) is 11.9. The van der Waals surface area contributed by atoms with Gasteiger partial charge in [0.1, 0.15) is 5.82 Å². The van der Waals surface area contributed by atoms with Gasteiger partial charge in [-0.15, -0.1) is 0 Å². The Morgan fingerprint density at radius 2 is 1.80 bits per heavy atom. The monoisotopic (exact) mass is 359 g/mol. The topological polar surface area (TPSA) is 59.3 Å². The first-order valence-corrected chi connectivity index (χ1v) is 9.63. The summed E-state index contributed by atoms with van der Waals surface area (Å²) in [5.41, 5.74) is 1.62. The van der Waals surface area contributed by atoms with Gasteiger partial charge in [0.2, 0.25) is 0 Å². The molecule has 4 nitrogen and oxygen atoms in total. The fourth-order valence-electron chi connectivity index (χ4n) is 3.13. The Kier molecular flexibility index (Phi) is 3.70. The summed E-state index contributed by atoms with van der Waals surface area (Å²) in [6.45, 7) is 1.88. The third-order valence-electron chi connectivity index (χ3n) is 4.68. The molecular weight excluding hydrogens is 341 g/mol. The molecule has 0 spiro atoms.